The molecule has 0 aliphatic carbocycles. The number of phenolic OH excluding ortho intramolecular Hbond substituents is 1. The molecule has 3 heterocycles. The van der Waals surface area contributed by atoms with Crippen LogP contribution in [0.5, 0.6) is 5.75 Å². The predicted octanol–water partition coefficient (Wildman–Crippen LogP) is 3.87. The Morgan fingerprint density at radius 1 is 1.16 bits per heavy atom. The van der Waals surface area contributed by atoms with Crippen molar-refractivity contribution in [2.45, 2.75) is 13.8 Å². The minimum atomic E-state index is 0.174. The van der Waals surface area contributed by atoms with E-state index >= 15 is 0 Å². The van der Waals surface area contributed by atoms with E-state index in [9.17, 15) is 10.4 Å². The summed E-state index contributed by atoms with van der Waals surface area (Å²) in [6, 6.07) is 12.8. The Hall–Kier alpha value is -3.59. The molecule has 0 aliphatic rings. The second kappa shape index (κ2) is 5.49. The Kier molecular flexibility index (Phi) is 3.29. The third-order valence-corrected chi connectivity index (χ3v) is 4.22. The number of rotatable bonds is 2. The normalized spacial score (nSPS) is 10.9. The molecule has 0 unspecified atom stereocenters. The largest absolute Gasteiger partial charge is 0.508 e. The van der Waals surface area contributed by atoms with Crippen LogP contribution in [0.25, 0.3) is 28.0 Å². The first-order chi connectivity index (χ1) is 12.1. The van der Waals surface area contributed by atoms with Crippen LogP contribution in [0, 0.1) is 25.2 Å². The number of aryl methyl sites for hydroxylation is 2. The van der Waals surface area contributed by atoms with E-state index in [-0.39, 0.29) is 5.75 Å². The molecule has 3 aromatic heterocycles. The summed E-state index contributed by atoms with van der Waals surface area (Å²) >= 11 is 0. The maximum atomic E-state index is 9.82. The van der Waals surface area contributed by atoms with Crippen molar-refractivity contribution in [2.75, 3.05) is 0 Å². The maximum absolute atomic E-state index is 9.82. The van der Waals surface area contributed by atoms with Crippen LogP contribution in [0.1, 0.15) is 17.0 Å². The van der Waals surface area contributed by atoms with Crippen LogP contribution in [0.3, 0.4) is 0 Å². The highest BCUT2D eigenvalue weighted by atomic mass is 16.5. The Bertz CT molecular complexity index is 1110. The van der Waals surface area contributed by atoms with Crippen LogP contribution in [0.2, 0.25) is 0 Å². The topological polar surface area (TPSA) is 87.9 Å². The summed E-state index contributed by atoms with van der Waals surface area (Å²) < 4.78 is 7.22. The fraction of sp³-hybridized carbons (Fsp3) is 0.105. The summed E-state index contributed by atoms with van der Waals surface area (Å²) in [5, 5.41) is 24.2. The molecule has 6 nitrogen and oxygen atoms in total. The van der Waals surface area contributed by atoms with Crippen LogP contribution in [0.15, 0.2) is 47.1 Å². The van der Waals surface area contributed by atoms with Crippen molar-refractivity contribution in [1.29, 1.82) is 5.26 Å². The van der Waals surface area contributed by atoms with Gasteiger partial charge in [0.2, 0.25) is 0 Å². The molecular weight excluding hydrogens is 316 g/mol. The van der Waals surface area contributed by atoms with Gasteiger partial charge in [-0.1, -0.05) is 5.16 Å². The van der Waals surface area contributed by atoms with Gasteiger partial charge in [-0.3, -0.25) is 4.57 Å². The van der Waals surface area contributed by atoms with Crippen molar-refractivity contribution in [1.82, 2.24) is 14.7 Å². The van der Waals surface area contributed by atoms with Gasteiger partial charge in [0, 0.05) is 17.3 Å². The highest BCUT2D eigenvalue weighted by Crippen LogP contribution is 2.38. The van der Waals surface area contributed by atoms with E-state index in [1.165, 1.54) is 0 Å². The molecule has 0 spiro atoms. The average Bonchev–Trinajstić information content (AvgIpc) is 3.12. The molecule has 0 radical (unpaired) electrons. The van der Waals surface area contributed by atoms with Gasteiger partial charge in [-0.15, -0.1) is 0 Å². The van der Waals surface area contributed by atoms with Gasteiger partial charge in [0.25, 0.3) is 0 Å². The van der Waals surface area contributed by atoms with Gasteiger partial charge in [0.15, 0.2) is 0 Å². The van der Waals surface area contributed by atoms with Crippen molar-refractivity contribution in [2.24, 2.45) is 0 Å². The van der Waals surface area contributed by atoms with Crippen LogP contribution >= 0.6 is 0 Å². The second-order valence-electron chi connectivity index (χ2n) is 5.76. The molecule has 0 bridgehead atoms. The fourth-order valence-corrected chi connectivity index (χ4v) is 3.14. The number of nitrogens with zero attached hydrogens (tertiary/aromatic N) is 4. The quantitative estimate of drug-likeness (QED) is 0.602. The van der Waals surface area contributed by atoms with Crippen molar-refractivity contribution in [3.63, 3.8) is 0 Å². The third-order valence-electron chi connectivity index (χ3n) is 4.22. The maximum Gasteiger partial charge on any atom is 0.146 e. The summed E-state index contributed by atoms with van der Waals surface area (Å²) in [5.74, 6) is 0.810. The first kappa shape index (κ1) is 15.0. The molecule has 6 heteroatoms. The Morgan fingerprint density at radius 3 is 2.56 bits per heavy atom. The van der Waals surface area contributed by atoms with Crippen molar-refractivity contribution in [3.8, 4) is 28.8 Å². The van der Waals surface area contributed by atoms with Crippen LogP contribution in [-0.2, 0) is 0 Å². The van der Waals surface area contributed by atoms with Gasteiger partial charge in [-0.25, -0.2) is 4.98 Å². The lowest BCUT2D eigenvalue weighted by Crippen LogP contribution is -1.99. The molecule has 4 aromatic rings. The fourth-order valence-electron chi connectivity index (χ4n) is 3.14. The number of phenols is 1. The van der Waals surface area contributed by atoms with Crippen molar-refractivity contribution < 1.29 is 9.63 Å². The first-order valence-electron chi connectivity index (χ1n) is 7.74. The lowest BCUT2D eigenvalue weighted by molar-refractivity contribution is 0.393. The van der Waals surface area contributed by atoms with E-state index in [0.717, 1.165) is 16.6 Å². The van der Waals surface area contributed by atoms with E-state index in [0.29, 0.717) is 28.4 Å². The third kappa shape index (κ3) is 2.17. The number of hydrogen-bond acceptors (Lipinski definition) is 5. The molecule has 0 fully saturated rings. The van der Waals surface area contributed by atoms with E-state index < -0.39 is 0 Å². The first-order valence-corrected chi connectivity index (χ1v) is 7.74. The molecule has 0 saturated carbocycles. The molecule has 25 heavy (non-hydrogen) atoms. The lowest BCUT2D eigenvalue weighted by atomic mass is 10.1. The highest BCUT2D eigenvalue weighted by molar-refractivity contribution is 5.94. The number of pyridine rings is 1. The number of benzene rings is 1. The molecular formula is C19H14N4O2. The van der Waals surface area contributed by atoms with Crippen LogP contribution < -0.4 is 0 Å². The zero-order valence-electron chi connectivity index (χ0n) is 13.7. The molecule has 1 aromatic carbocycles. The SMILES string of the molecule is Cc1noc(C)c1-c1c(C#N)c2cccnc2n1-c1ccc(O)cc1. The summed E-state index contributed by atoms with van der Waals surface area (Å²) in [5.41, 5.74) is 4.15. The summed E-state index contributed by atoms with van der Waals surface area (Å²) in [6.07, 6.45) is 1.69. The van der Waals surface area contributed by atoms with Crippen molar-refractivity contribution in [3.05, 3.63) is 59.6 Å². The molecule has 1 N–H and O–H groups in total. The predicted molar refractivity (Wildman–Crippen MR) is 92.4 cm³/mol. The number of hydrogen-bond donors (Lipinski definition) is 1. The monoisotopic (exact) mass is 330 g/mol. The van der Waals surface area contributed by atoms with Gasteiger partial charge >= 0.3 is 0 Å². The summed E-state index contributed by atoms with van der Waals surface area (Å²) in [6.45, 7) is 3.67. The molecule has 4 rings (SSSR count). The number of fused-ring (bicyclic) bond motifs is 1. The van der Waals surface area contributed by atoms with E-state index in [1.54, 1.807) is 36.5 Å². The van der Waals surface area contributed by atoms with Gasteiger partial charge in [-0.05, 0) is 50.2 Å². The summed E-state index contributed by atoms with van der Waals surface area (Å²) in [7, 11) is 0. The molecule has 0 aliphatic heterocycles. The molecule has 0 atom stereocenters. The Balaban J connectivity index is 2.19. The number of nitriles is 1. The van der Waals surface area contributed by atoms with E-state index in [4.69, 9.17) is 4.52 Å². The summed E-state index contributed by atoms with van der Waals surface area (Å²) in [4.78, 5) is 4.48. The Morgan fingerprint density at radius 2 is 1.92 bits per heavy atom. The van der Waals surface area contributed by atoms with Gasteiger partial charge in [-0.2, -0.15) is 5.26 Å². The van der Waals surface area contributed by atoms with Crippen LogP contribution in [-0.4, -0.2) is 19.8 Å². The number of aromatic nitrogens is 3. The van der Waals surface area contributed by atoms with Gasteiger partial charge < -0.3 is 9.63 Å². The van der Waals surface area contributed by atoms with Gasteiger partial charge in [0.1, 0.15) is 23.2 Å². The van der Waals surface area contributed by atoms with E-state index in [2.05, 4.69) is 16.2 Å². The smallest absolute Gasteiger partial charge is 0.146 e. The second-order valence-corrected chi connectivity index (χ2v) is 5.76. The van der Waals surface area contributed by atoms with Gasteiger partial charge in [0.05, 0.1) is 22.5 Å². The minimum absolute atomic E-state index is 0.174. The zero-order valence-corrected chi connectivity index (χ0v) is 13.7. The van der Waals surface area contributed by atoms with E-state index in [1.807, 2.05) is 24.5 Å². The van der Waals surface area contributed by atoms with Crippen molar-refractivity contribution >= 4 is 11.0 Å². The molecule has 0 amide bonds. The lowest BCUT2D eigenvalue weighted by Gasteiger charge is -2.10. The zero-order chi connectivity index (χ0) is 17.6. The molecule has 0 saturated heterocycles. The average molecular weight is 330 g/mol. The molecule has 122 valence electrons. The standard InChI is InChI=1S/C19H14N4O2/c1-11-17(12(2)25-22-11)18-16(10-20)15-4-3-9-21-19(15)23(18)13-5-7-14(24)8-6-13/h3-9,24H,1-2H3. The minimum Gasteiger partial charge on any atom is -0.508 e. The highest BCUT2D eigenvalue weighted by Gasteiger charge is 2.25. The van der Waals surface area contributed by atoms with Crippen LogP contribution in [0.4, 0.5) is 0 Å². The Labute approximate surface area is 143 Å². The number of aromatic hydroxyl groups is 1.